The van der Waals surface area contributed by atoms with Crippen LogP contribution in [0, 0.1) is 0 Å². The standard InChI is InChI=1S/C18H17F2NO3S2/c1-12-10-11-21(15-4-2-3-5-16(15)25-12)17(22)13-6-8-14(9-7-13)26(23,24)18(19)20/h2-9,12,18H,10-11H2,1H3/t12-/m0/s1. The normalized spacial score (nSPS) is 17.7. The molecule has 0 saturated heterocycles. The van der Waals surface area contributed by atoms with E-state index in [0.717, 1.165) is 29.1 Å². The smallest absolute Gasteiger partial charge is 0.307 e. The van der Waals surface area contributed by atoms with Gasteiger partial charge < -0.3 is 4.90 Å². The van der Waals surface area contributed by atoms with Gasteiger partial charge in [0.15, 0.2) is 0 Å². The third-order valence-electron chi connectivity index (χ3n) is 4.15. The first-order valence-corrected chi connectivity index (χ1v) is 10.4. The molecule has 3 rings (SSSR count). The summed E-state index contributed by atoms with van der Waals surface area (Å²) in [5.74, 6) is -3.77. The number of rotatable bonds is 3. The van der Waals surface area contributed by atoms with E-state index < -0.39 is 20.5 Å². The number of alkyl halides is 2. The third-order valence-corrected chi connectivity index (χ3v) is 6.79. The number of benzene rings is 2. The Hall–Kier alpha value is -1.93. The van der Waals surface area contributed by atoms with Crippen LogP contribution in [0.5, 0.6) is 0 Å². The minimum absolute atomic E-state index is 0.257. The van der Waals surface area contributed by atoms with Gasteiger partial charge in [-0.05, 0) is 42.8 Å². The Balaban J connectivity index is 1.92. The number of halogens is 2. The van der Waals surface area contributed by atoms with E-state index in [1.807, 2.05) is 24.3 Å². The molecule has 1 aliphatic rings. The minimum atomic E-state index is -4.67. The Labute approximate surface area is 155 Å². The minimum Gasteiger partial charge on any atom is -0.307 e. The van der Waals surface area contributed by atoms with Gasteiger partial charge in [0.05, 0.1) is 10.6 Å². The van der Waals surface area contributed by atoms with Crippen LogP contribution < -0.4 is 4.90 Å². The molecule has 0 bridgehead atoms. The summed E-state index contributed by atoms with van der Waals surface area (Å²) in [7, 11) is -4.67. The molecule has 2 aromatic rings. The second-order valence-electron chi connectivity index (χ2n) is 5.97. The fourth-order valence-corrected chi connectivity index (χ4v) is 4.58. The molecule has 0 radical (unpaired) electrons. The third kappa shape index (κ3) is 3.61. The average molecular weight is 397 g/mol. The number of amides is 1. The molecule has 0 aromatic heterocycles. The Morgan fingerprint density at radius 1 is 1.15 bits per heavy atom. The highest BCUT2D eigenvalue weighted by atomic mass is 32.2. The van der Waals surface area contributed by atoms with Crippen LogP contribution in [0.3, 0.4) is 0 Å². The van der Waals surface area contributed by atoms with Crippen molar-refractivity contribution in [3.63, 3.8) is 0 Å². The topological polar surface area (TPSA) is 54.5 Å². The van der Waals surface area contributed by atoms with Crippen LogP contribution in [0.1, 0.15) is 23.7 Å². The maximum Gasteiger partial charge on any atom is 0.341 e. The molecule has 0 saturated carbocycles. The number of sulfone groups is 1. The maximum atomic E-state index is 12.9. The largest absolute Gasteiger partial charge is 0.341 e. The van der Waals surface area contributed by atoms with E-state index in [4.69, 9.17) is 0 Å². The molecule has 0 fully saturated rings. The number of para-hydroxylation sites is 1. The summed E-state index contributed by atoms with van der Waals surface area (Å²) < 4.78 is 48.3. The Morgan fingerprint density at radius 2 is 1.81 bits per heavy atom. The first kappa shape index (κ1) is 18.8. The quantitative estimate of drug-likeness (QED) is 0.778. The van der Waals surface area contributed by atoms with Crippen molar-refractivity contribution >= 4 is 33.2 Å². The predicted octanol–water partition coefficient (Wildman–Crippen LogP) is 4.21. The molecule has 4 nitrogen and oxygen atoms in total. The fraction of sp³-hybridized carbons (Fsp3) is 0.278. The predicted molar refractivity (Wildman–Crippen MR) is 97.7 cm³/mol. The molecule has 1 amide bonds. The Kier molecular flexibility index (Phi) is 5.34. The van der Waals surface area contributed by atoms with Crippen molar-refractivity contribution in [2.45, 2.75) is 34.1 Å². The summed E-state index contributed by atoms with van der Waals surface area (Å²) >= 11 is 1.70. The lowest BCUT2D eigenvalue weighted by Gasteiger charge is -2.22. The molecule has 1 atom stereocenters. The summed E-state index contributed by atoms with van der Waals surface area (Å²) in [6, 6.07) is 12.3. The summed E-state index contributed by atoms with van der Waals surface area (Å²) in [5.41, 5.74) is 1.06. The van der Waals surface area contributed by atoms with Crippen molar-refractivity contribution in [3.8, 4) is 0 Å². The lowest BCUT2D eigenvalue weighted by atomic mass is 10.1. The first-order valence-electron chi connectivity index (χ1n) is 8.00. The van der Waals surface area contributed by atoms with E-state index in [0.29, 0.717) is 11.8 Å². The number of fused-ring (bicyclic) bond motifs is 1. The highest BCUT2D eigenvalue weighted by Gasteiger charge is 2.28. The number of hydrogen-bond acceptors (Lipinski definition) is 4. The number of carbonyl (C=O) groups is 1. The van der Waals surface area contributed by atoms with Crippen LogP contribution in [0.25, 0.3) is 0 Å². The van der Waals surface area contributed by atoms with Crippen molar-refractivity contribution in [1.29, 1.82) is 0 Å². The summed E-state index contributed by atoms with van der Waals surface area (Å²) in [4.78, 5) is 15.1. The van der Waals surface area contributed by atoms with Crippen LogP contribution >= 0.6 is 11.8 Å². The zero-order valence-electron chi connectivity index (χ0n) is 13.9. The Morgan fingerprint density at radius 3 is 2.46 bits per heavy atom. The monoisotopic (exact) mass is 397 g/mol. The first-order chi connectivity index (χ1) is 12.3. The molecule has 2 aromatic carbocycles. The van der Waals surface area contributed by atoms with Crippen LogP contribution in [0.4, 0.5) is 14.5 Å². The molecule has 0 N–H and O–H groups in total. The van der Waals surface area contributed by atoms with E-state index in [-0.39, 0.29) is 11.5 Å². The molecule has 0 unspecified atom stereocenters. The molecule has 26 heavy (non-hydrogen) atoms. The number of hydrogen-bond donors (Lipinski definition) is 0. The van der Waals surface area contributed by atoms with E-state index in [1.165, 1.54) is 12.1 Å². The van der Waals surface area contributed by atoms with Gasteiger partial charge in [0.1, 0.15) is 0 Å². The van der Waals surface area contributed by atoms with Gasteiger partial charge in [-0.25, -0.2) is 8.42 Å². The number of thioether (sulfide) groups is 1. The van der Waals surface area contributed by atoms with Gasteiger partial charge in [-0.2, -0.15) is 8.78 Å². The number of anilines is 1. The van der Waals surface area contributed by atoms with Crippen molar-refractivity contribution in [1.82, 2.24) is 0 Å². The zero-order chi connectivity index (χ0) is 18.9. The van der Waals surface area contributed by atoms with Gasteiger partial charge in [0, 0.05) is 22.3 Å². The van der Waals surface area contributed by atoms with Crippen LogP contribution in [-0.2, 0) is 9.84 Å². The van der Waals surface area contributed by atoms with Gasteiger partial charge in [0.25, 0.3) is 5.91 Å². The van der Waals surface area contributed by atoms with Gasteiger partial charge in [-0.3, -0.25) is 4.79 Å². The van der Waals surface area contributed by atoms with E-state index in [1.54, 1.807) is 16.7 Å². The van der Waals surface area contributed by atoms with Crippen LogP contribution in [0.2, 0.25) is 0 Å². The molecule has 138 valence electrons. The fourth-order valence-electron chi connectivity index (χ4n) is 2.74. The Bertz CT molecular complexity index is 914. The van der Waals surface area contributed by atoms with Gasteiger partial charge in [-0.15, -0.1) is 11.8 Å². The van der Waals surface area contributed by atoms with Crippen molar-refractivity contribution in [3.05, 3.63) is 54.1 Å². The van der Waals surface area contributed by atoms with Crippen LogP contribution in [-0.4, -0.2) is 31.9 Å². The molecular weight excluding hydrogens is 380 g/mol. The van der Waals surface area contributed by atoms with E-state index in [9.17, 15) is 22.0 Å². The molecule has 1 aliphatic heterocycles. The summed E-state index contributed by atoms with van der Waals surface area (Å²) in [6.07, 6.45) is 0.808. The lowest BCUT2D eigenvalue weighted by molar-refractivity contribution is 0.0986. The molecule has 0 spiro atoms. The maximum absolute atomic E-state index is 12.9. The van der Waals surface area contributed by atoms with Crippen molar-refractivity contribution < 1.29 is 22.0 Å². The number of carbonyl (C=O) groups excluding carboxylic acids is 1. The second-order valence-corrected chi connectivity index (χ2v) is 9.37. The van der Waals surface area contributed by atoms with E-state index >= 15 is 0 Å². The van der Waals surface area contributed by atoms with Gasteiger partial charge >= 0.3 is 5.76 Å². The molecule has 8 heteroatoms. The van der Waals surface area contributed by atoms with Crippen molar-refractivity contribution in [2.24, 2.45) is 0 Å². The number of nitrogens with zero attached hydrogens (tertiary/aromatic N) is 1. The highest BCUT2D eigenvalue weighted by molar-refractivity contribution is 8.00. The highest BCUT2D eigenvalue weighted by Crippen LogP contribution is 2.37. The summed E-state index contributed by atoms with van der Waals surface area (Å²) in [6.45, 7) is 2.63. The van der Waals surface area contributed by atoms with E-state index in [2.05, 4.69) is 6.92 Å². The second kappa shape index (κ2) is 7.36. The van der Waals surface area contributed by atoms with Crippen LogP contribution in [0.15, 0.2) is 58.3 Å². The zero-order valence-corrected chi connectivity index (χ0v) is 15.6. The molecule has 0 aliphatic carbocycles. The van der Waals surface area contributed by atoms with Gasteiger partial charge in [0.2, 0.25) is 9.84 Å². The molecular formula is C18H17F2NO3S2. The molecule has 1 heterocycles. The van der Waals surface area contributed by atoms with Gasteiger partial charge in [-0.1, -0.05) is 19.1 Å². The lowest BCUT2D eigenvalue weighted by Crippen LogP contribution is -2.32. The average Bonchev–Trinajstić information content (AvgIpc) is 2.79. The van der Waals surface area contributed by atoms with Crippen molar-refractivity contribution in [2.75, 3.05) is 11.4 Å². The SMILES string of the molecule is C[C@H]1CCN(C(=O)c2ccc(S(=O)(=O)C(F)F)cc2)c2ccccc2S1. The summed E-state index contributed by atoms with van der Waals surface area (Å²) in [5, 5.41) is 0.354.